The topological polar surface area (TPSA) is 113 Å². The molecule has 0 rings (SSSR count). The lowest BCUT2D eigenvalue weighted by atomic mass is 10.2. The second-order valence-corrected chi connectivity index (χ2v) is 7.62. The second-order valence-electron chi connectivity index (χ2n) is 4.16. The molecule has 0 aromatic carbocycles. The predicted octanol–water partition coefficient (Wildman–Crippen LogP) is 0.317. The molecule has 2 amide bonds. The number of carboxylic acids is 1. The molecule has 118 valence electrons. The minimum Gasteiger partial charge on any atom is -0.480 e. The van der Waals surface area contributed by atoms with Crippen LogP contribution < -0.4 is 10.6 Å². The molecule has 0 aromatic rings. The van der Waals surface area contributed by atoms with E-state index in [-0.39, 0.29) is 18.1 Å². The number of nitrogens with one attached hydrogen (secondary N) is 2. The second kappa shape index (κ2) is 9.87. The summed E-state index contributed by atoms with van der Waals surface area (Å²) in [5.41, 5.74) is 0. The van der Waals surface area contributed by atoms with Gasteiger partial charge in [-0.2, -0.15) is 11.8 Å². The molecule has 3 N–H and O–H groups in total. The standard InChI is InChI=1S/C11H22N2O5S2/c1-3-20(17,18)8-4-6-12-11(16)13-9(10(14)15)5-7-19-2/h9H,3-8H2,1-2H3,(H,14,15)(H2,12,13,16). The van der Waals surface area contributed by atoms with Gasteiger partial charge in [0.05, 0.1) is 5.75 Å². The van der Waals surface area contributed by atoms with Crippen molar-refractivity contribution < 1.29 is 23.1 Å². The summed E-state index contributed by atoms with van der Waals surface area (Å²) in [6.07, 6.45) is 2.51. The summed E-state index contributed by atoms with van der Waals surface area (Å²) in [5.74, 6) is -0.359. The fourth-order valence-electron chi connectivity index (χ4n) is 1.34. The smallest absolute Gasteiger partial charge is 0.326 e. The van der Waals surface area contributed by atoms with Crippen LogP contribution in [-0.2, 0) is 14.6 Å². The van der Waals surface area contributed by atoms with Crippen LogP contribution in [-0.4, -0.2) is 61.6 Å². The molecule has 0 bridgehead atoms. The Balaban J connectivity index is 3.99. The first kappa shape index (κ1) is 19.0. The third kappa shape index (κ3) is 9.03. The first-order valence-corrected chi connectivity index (χ1v) is 9.50. The summed E-state index contributed by atoms with van der Waals surface area (Å²) in [4.78, 5) is 22.4. The number of carbonyl (C=O) groups excluding carboxylic acids is 1. The summed E-state index contributed by atoms with van der Waals surface area (Å²) in [5, 5.41) is 13.7. The Labute approximate surface area is 123 Å². The van der Waals surface area contributed by atoms with Crippen molar-refractivity contribution in [3.8, 4) is 0 Å². The zero-order chi connectivity index (χ0) is 15.6. The number of hydrogen-bond donors (Lipinski definition) is 3. The first-order chi connectivity index (χ1) is 9.32. The highest BCUT2D eigenvalue weighted by molar-refractivity contribution is 7.98. The molecule has 0 aliphatic carbocycles. The van der Waals surface area contributed by atoms with Crippen molar-refractivity contribution in [3.05, 3.63) is 0 Å². The van der Waals surface area contributed by atoms with Crippen LogP contribution in [0.15, 0.2) is 0 Å². The van der Waals surface area contributed by atoms with Crippen molar-refractivity contribution in [2.24, 2.45) is 0 Å². The van der Waals surface area contributed by atoms with Gasteiger partial charge in [-0.1, -0.05) is 6.92 Å². The van der Waals surface area contributed by atoms with E-state index >= 15 is 0 Å². The molecular weight excluding hydrogens is 304 g/mol. The van der Waals surface area contributed by atoms with Gasteiger partial charge in [0, 0.05) is 12.3 Å². The van der Waals surface area contributed by atoms with Crippen molar-refractivity contribution >= 4 is 33.6 Å². The molecule has 0 aliphatic heterocycles. The van der Waals surface area contributed by atoms with Crippen LogP contribution >= 0.6 is 11.8 Å². The lowest BCUT2D eigenvalue weighted by Gasteiger charge is -2.14. The molecule has 0 radical (unpaired) electrons. The number of aliphatic carboxylic acids is 1. The van der Waals surface area contributed by atoms with Gasteiger partial charge in [-0.3, -0.25) is 0 Å². The monoisotopic (exact) mass is 326 g/mol. The quantitative estimate of drug-likeness (QED) is 0.498. The van der Waals surface area contributed by atoms with Crippen LogP contribution in [0.5, 0.6) is 0 Å². The van der Waals surface area contributed by atoms with Crippen LogP contribution in [0.1, 0.15) is 19.8 Å². The minimum absolute atomic E-state index is 0.0125. The average molecular weight is 326 g/mol. The van der Waals surface area contributed by atoms with Crippen molar-refractivity contribution in [2.45, 2.75) is 25.8 Å². The zero-order valence-electron chi connectivity index (χ0n) is 11.7. The van der Waals surface area contributed by atoms with Crippen molar-refractivity contribution in [2.75, 3.05) is 30.1 Å². The van der Waals surface area contributed by atoms with Gasteiger partial charge in [0.15, 0.2) is 0 Å². The molecule has 1 unspecified atom stereocenters. The fraction of sp³-hybridized carbons (Fsp3) is 0.818. The Morgan fingerprint density at radius 2 is 2.00 bits per heavy atom. The first-order valence-electron chi connectivity index (χ1n) is 6.29. The summed E-state index contributed by atoms with van der Waals surface area (Å²) in [6.45, 7) is 1.76. The number of sulfone groups is 1. The van der Waals surface area contributed by atoms with Crippen LogP contribution in [0.3, 0.4) is 0 Å². The number of hydrogen-bond acceptors (Lipinski definition) is 5. The van der Waals surface area contributed by atoms with Crippen LogP contribution in [0, 0.1) is 0 Å². The van der Waals surface area contributed by atoms with Crippen molar-refractivity contribution in [3.63, 3.8) is 0 Å². The molecule has 0 aromatic heterocycles. The third-order valence-corrected chi connectivity index (χ3v) is 5.01. The SMILES string of the molecule is CCS(=O)(=O)CCCNC(=O)NC(CCSC)C(=O)O. The van der Waals surface area contributed by atoms with E-state index in [4.69, 9.17) is 5.11 Å². The van der Waals surface area contributed by atoms with Gasteiger partial charge in [0.1, 0.15) is 15.9 Å². The van der Waals surface area contributed by atoms with E-state index in [0.717, 1.165) is 0 Å². The molecular formula is C11H22N2O5S2. The van der Waals surface area contributed by atoms with Crippen LogP contribution in [0.2, 0.25) is 0 Å². The Hall–Kier alpha value is -0.960. The average Bonchev–Trinajstić information content (AvgIpc) is 2.39. The molecule has 0 saturated carbocycles. The van der Waals surface area contributed by atoms with E-state index in [1.807, 2.05) is 6.26 Å². The maximum atomic E-state index is 11.5. The summed E-state index contributed by atoms with van der Waals surface area (Å²) in [6, 6.07) is -1.52. The van der Waals surface area contributed by atoms with E-state index in [1.165, 1.54) is 11.8 Å². The molecule has 0 heterocycles. The summed E-state index contributed by atoms with van der Waals surface area (Å²) < 4.78 is 22.4. The van der Waals surface area contributed by atoms with E-state index in [2.05, 4.69) is 10.6 Å². The largest absolute Gasteiger partial charge is 0.480 e. The van der Waals surface area contributed by atoms with E-state index in [0.29, 0.717) is 18.6 Å². The van der Waals surface area contributed by atoms with Crippen molar-refractivity contribution in [1.29, 1.82) is 0 Å². The number of rotatable bonds is 10. The van der Waals surface area contributed by atoms with Gasteiger partial charge in [-0.25, -0.2) is 18.0 Å². The maximum Gasteiger partial charge on any atom is 0.326 e. The lowest BCUT2D eigenvalue weighted by molar-refractivity contribution is -0.139. The molecule has 0 spiro atoms. The summed E-state index contributed by atoms with van der Waals surface area (Å²) in [7, 11) is -3.03. The Bertz CT molecular complexity index is 411. The molecule has 1 atom stereocenters. The zero-order valence-corrected chi connectivity index (χ0v) is 13.3. The highest BCUT2D eigenvalue weighted by Crippen LogP contribution is 2.01. The van der Waals surface area contributed by atoms with Crippen LogP contribution in [0.4, 0.5) is 4.79 Å². The fourth-order valence-corrected chi connectivity index (χ4v) is 2.68. The van der Waals surface area contributed by atoms with E-state index < -0.39 is 27.9 Å². The number of urea groups is 1. The predicted molar refractivity (Wildman–Crippen MR) is 79.9 cm³/mol. The third-order valence-electron chi connectivity index (χ3n) is 2.57. The van der Waals surface area contributed by atoms with Gasteiger partial charge in [0.25, 0.3) is 0 Å². The highest BCUT2D eigenvalue weighted by Gasteiger charge is 2.19. The number of carbonyl (C=O) groups is 2. The molecule has 7 nitrogen and oxygen atoms in total. The van der Waals surface area contributed by atoms with E-state index in [1.54, 1.807) is 6.92 Å². The Morgan fingerprint density at radius 1 is 1.35 bits per heavy atom. The van der Waals surface area contributed by atoms with E-state index in [9.17, 15) is 18.0 Å². The van der Waals surface area contributed by atoms with Gasteiger partial charge < -0.3 is 15.7 Å². The van der Waals surface area contributed by atoms with Gasteiger partial charge in [0.2, 0.25) is 0 Å². The van der Waals surface area contributed by atoms with Gasteiger partial charge >= 0.3 is 12.0 Å². The van der Waals surface area contributed by atoms with Gasteiger partial charge in [-0.15, -0.1) is 0 Å². The minimum atomic E-state index is -3.03. The van der Waals surface area contributed by atoms with Crippen molar-refractivity contribution in [1.82, 2.24) is 10.6 Å². The van der Waals surface area contributed by atoms with Gasteiger partial charge in [-0.05, 0) is 24.9 Å². The number of thioether (sulfide) groups is 1. The maximum absolute atomic E-state index is 11.5. The molecule has 9 heteroatoms. The highest BCUT2D eigenvalue weighted by atomic mass is 32.2. The lowest BCUT2D eigenvalue weighted by Crippen LogP contribution is -2.46. The molecule has 0 aliphatic rings. The number of amides is 2. The Morgan fingerprint density at radius 3 is 2.50 bits per heavy atom. The summed E-state index contributed by atoms with van der Waals surface area (Å²) >= 11 is 1.50. The molecule has 20 heavy (non-hydrogen) atoms. The van der Waals surface area contributed by atoms with Crippen LogP contribution in [0.25, 0.3) is 0 Å². The Kier molecular flexibility index (Phi) is 9.39. The molecule has 0 fully saturated rings. The number of carboxylic acid groups (broad SMARTS) is 1. The molecule has 0 saturated heterocycles. The normalized spacial score (nSPS) is 12.7.